The topological polar surface area (TPSA) is 50.1 Å². The van der Waals surface area contributed by atoms with E-state index in [9.17, 15) is 4.79 Å². The molecule has 0 saturated heterocycles. The summed E-state index contributed by atoms with van der Waals surface area (Å²) < 4.78 is 4.78. The number of hydrogen-bond acceptors (Lipinski definition) is 3. The van der Waals surface area contributed by atoms with E-state index >= 15 is 0 Å². The number of nitrogens with one attached hydrogen (secondary N) is 1. The molecule has 0 atom stereocenters. The summed E-state index contributed by atoms with van der Waals surface area (Å²) >= 11 is 0. The summed E-state index contributed by atoms with van der Waals surface area (Å²) in [6.45, 7) is 2.40. The highest BCUT2D eigenvalue weighted by molar-refractivity contribution is 6.00. The Morgan fingerprint density at radius 1 is 1.50 bits per heavy atom. The third-order valence-corrected chi connectivity index (χ3v) is 1.89. The van der Waals surface area contributed by atoms with Crippen LogP contribution in [0.3, 0.4) is 0 Å². The average Bonchev–Trinajstić information content (AvgIpc) is 2.19. The van der Waals surface area contributed by atoms with Crippen LogP contribution in [0.4, 0.5) is 0 Å². The number of carbonyl (C=O) groups excluding carboxylic acids is 1. The summed E-state index contributed by atoms with van der Waals surface area (Å²) in [7, 11) is 0. The van der Waals surface area contributed by atoms with Gasteiger partial charge in [0.1, 0.15) is 5.75 Å². The molecule has 0 saturated carbocycles. The standard InChI is InChI=1S/C11H13NO2/c1-2-5-10(12)9-6-3-4-7-11(9)14-8-13/h3-4,6-8,12H,2,5H2,1H3. The van der Waals surface area contributed by atoms with Crippen molar-refractivity contribution in [3.63, 3.8) is 0 Å². The van der Waals surface area contributed by atoms with Gasteiger partial charge in [-0.05, 0) is 18.6 Å². The van der Waals surface area contributed by atoms with Gasteiger partial charge >= 0.3 is 0 Å². The van der Waals surface area contributed by atoms with Gasteiger partial charge in [0.15, 0.2) is 0 Å². The van der Waals surface area contributed by atoms with E-state index in [1.807, 2.05) is 13.0 Å². The highest BCUT2D eigenvalue weighted by atomic mass is 16.5. The SMILES string of the molecule is CCCC(=N)c1ccccc1OC=O. The van der Waals surface area contributed by atoms with Gasteiger partial charge in [-0.1, -0.05) is 25.5 Å². The lowest BCUT2D eigenvalue weighted by molar-refractivity contribution is -0.120. The molecule has 1 aromatic rings. The third-order valence-electron chi connectivity index (χ3n) is 1.89. The van der Waals surface area contributed by atoms with E-state index in [1.165, 1.54) is 0 Å². The van der Waals surface area contributed by atoms with Crippen LogP contribution in [0.5, 0.6) is 5.75 Å². The Morgan fingerprint density at radius 2 is 2.21 bits per heavy atom. The van der Waals surface area contributed by atoms with Crippen molar-refractivity contribution in [2.45, 2.75) is 19.8 Å². The Morgan fingerprint density at radius 3 is 2.86 bits per heavy atom. The molecule has 0 aliphatic rings. The zero-order valence-corrected chi connectivity index (χ0v) is 8.12. The lowest BCUT2D eigenvalue weighted by Crippen LogP contribution is -2.02. The van der Waals surface area contributed by atoms with Crippen LogP contribution >= 0.6 is 0 Å². The predicted octanol–water partition coefficient (Wildman–Crippen LogP) is 2.39. The molecular weight excluding hydrogens is 178 g/mol. The van der Waals surface area contributed by atoms with Crippen LogP contribution in [0.25, 0.3) is 0 Å². The van der Waals surface area contributed by atoms with Crippen LogP contribution in [0.2, 0.25) is 0 Å². The molecule has 0 unspecified atom stereocenters. The molecule has 1 N–H and O–H groups in total. The average molecular weight is 191 g/mol. The monoisotopic (exact) mass is 191 g/mol. The van der Waals surface area contributed by atoms with Crippen molar-refractivity contribution in [1.82, 2.24) is 0 Å². The third kappa shape index (κ3) is 2.42. The van der Waals surface area contributed by atoms with Crippen LogP contribution in [0.1, 0.15) is 25.3 Å². The Labute approximate surface area is 83.2 Å². The van der Waals surface area contributed by atoms with Gasteiger partial charge in [-0.3, -0.25) is 4.79 Å². The summed E-state index contributed by atoms with van der Waals surface area (Å²) in [5.74, 6) is 0.459. The number of ether oxygens (including phenoxy) is 1. The summed E-state index contributed by atoms with van der Waals surface area (Å²) in [5, 5.41) is 7.75. The minimum absolute atomic E-state index is 0.387. The summed E-state index contributed by atoms with van der Waals surface area (Å²) in [4.78, 5) is 10.2. The Balaban J connectivity index is 2.93. The number of benzene rings is 1. The highest BCUT2D eigenvalue weighted by Gasteiger charge is 2.06. The first-order valence-corrected chi connectivity index (χ1v) is 4.56. The first-order valence-electron chi connectivity index (χ1n) is 4.56. The van der Waals surface area contributed by atoms with E-state index in [0.29, 0.717) is 29.9 Å². The largest absolute Gasteiger partial charge is 0.428 e. The van der Waals surface area contributed by atoms with Crippen molar-refractivity contribution >= 4 is 12.2 Å². The number of hydrogen-bond donors (Lipinski definition) is 1. The smallest absolute Gasteiger partial charge is 0.298 e. The van der Waals surface area contributed by atoms with Crippen molar-refractivity contribution in [2.75, 3.05) is 0 Å². The van der Waals surface area contributed by atoms with Gasteiger partial charge in [0.2, 0.25) is 0 Å². The molecule has 74 valence electrons. The molecule has 0 aromatic heterocycles. The molecular formula is C11H13NO2. The molecule has 14 heavy (non-hydrogen) atoms. The summed E-state index contributed by atoms with van der Waals surface area (Å²) in [5.41, 5.74) is 1.20. The second-order valence-corrected chi connectivity index (χ2v) is 2.94. The Bertz CT molecular complexity index is 334. The molecule has 0 radical (unpaired) electrons. The van der Waals surface area contributed by atoms with E-state index in [0.717, 1.165) is 6.42 Å². The fourth-order valence-electron chi connectivity index (χ4n) is 1.26. The van der Waals surface area contributed by atoms with E-state index in [2.05, 4.69) is 0 Å². The molecule has 0 aliphatic heterocycles. The minimum atomic E-state index is 0.387. The van der Waals surface area contributed by atoms with E-state index in [4.69, 9.17) is 10.1 Å². The molecule has 0 heterocycles. The quantitative estimate of drug-likeness (QED) is 0.573. The number of para-hydroxylation sites is 1. The van der Waals surface area contributed by atoms with Gasteiger partial charge in [0, 0.05) is 11.3 Å². The maximum Gasteiger partial charge on any atom is 0.298 e. The van der Waals surface area contributed by atoms with Gasteiger partial charge in [-0.2, -0.15) is 0 Å². The Kier molecular flexibility index (Phi) is 3.85. The highest BCUT2D eigenvalue weighted by Crippen LogP contribution is 2.19. The lowest BCUT2D eigenvalue weighted by atomic mass is 10.1. The Hall–Kier alpha value is -1.64. The lowest BCUT2D eigenvalue weighted by Gasteiger charge is -2.07. The predicted molar refractivity (Wildman–Crippen MR) is 54.9 cm³/mol. The first-order chi connectivity index (χ1) is 6.79. The molecule has 0 amide bonds. The number of carbonyl (C=O) groups is 1. The molecule has 1 rings (SSSR count). The zero-order valence-electron chi connectivity index (χ0n) is 8.12. The van der Waals surface area contributed by atoms with Crippen molar-refractivity contribution in [3.05, 3.63) is 29.8 Å². The van der Waals surface area contributed by atoms with Crippen molar-refractivity contribution in [1.29, 1.82) is 5.41 Å². The van der Waals surface area contributed by atoms with E-state index < -0.39 is 0 Å². The molecule has 3 heteroatoms. The fourth-order valence-corrected chi connectivity index (χ4v) is 1.26. The van der Waals surface area contributed by atoms with Crippen molar-refractivity contribution in [3.8, 4) is 5.75 Å². The second kappa shape index (κ2) is 5.17. The van der Waals surface area contributed by atoms with Gasteiger partial charge in [0.25, 0.3) is 6.47 Å². The number of rotatable bonds is 5. The van der Waals surface area contributed by atoms with Crippen LogP contribution < -0.4 is 4.74 Å². The maximum absolute atomic E-state index is 10.2. The molecule has 0 bridgehead atoms. The van der Waals surface area contributed by atoms with Gasteiger partial charge in [0.05, 0.1) is 0 Å². The van der Waals surface area contributed by atoms with E-state index in [1.54, 1.807) is 18.2 Å². The summed E-state index contributed by atoms with van der Waals surface area (Å²) in [6.07, 6.45) is 1.60. The second-order valence-electron chi connectivity index (χ2n) is 2.94. The molecule has 1 aromatic carbocycles. The summed E-state index contributed by atoms with van der Waals surface area (Å²) in [6, 6.07) is 7.09. The maximum atomic E-state index is 10.2. The molecule has 3 nitrogen and oxygen atoms in total. The van der Waals surface area contributed by atoms with Crippen LogP contribution in [-0.4, -0.2) is 12.2 Å². The molecule has 0 aliphatic carbocycles. The minimum Gasteiger partial charge on any atom is -0.428 e. The van der Waals surface area contributed by atoms with E-state index in [-0.39, 0.29) is 0 Å². The fraction of sp³-hybridized carbons (Fsp3) is 0.273. The van der Waals surface area contributed by atoms with Crippen LogP contribution in [-0.2, 0) is 4.79 Å². The van der Waals surface area contributed by atoms with Gasteiger partial charge in [-0.25, -0.2) is 0 Å². The van der Waals surface area contributed by atoms with Gasteiger partial charge in [-0.15, -0.1) is 0 Å². The van der Waals surface area contributed by atoms with Crippen molar-refractivity contribution in [2.24, 2.45) is 0 Å². The normalized spacial score (nSPS) is 9.50. The first kappa shape index (κ1) is 10.4. The molecule has 0 fully saturated rings. The van der Waals surface area contributed by atoms with Crippen molar-refractivity contribution < 1.29 is 9.53 Å². The van der Waals surface area contributed by atoms with Gasteiger partial charge < -0.3 is 10.1 Å². The zero-order chi connectivity index (χ0) is 10.4. The van der Waals surface area contributed by atoms with Crippen LogP contribution in [0.15, 0.2) is 24.3 Å². The molecule has 0 spiro atoms. The van der Waals surface area contributed by atoms with Crippen LogP contribution in [0, 0.1) is 5.41 Å².